The largest absolute Gasteiger partial charge is 0.449 e. The molecule has 0 aromatic heterocycles. The van der Waals surface area contributed by atoms with Crippen LogP contribution in [0.25, 0.3) is 0 Å². The standard InChI is InChI=1S/C17H28N2O8.C15H23NO8.C4H11NO.C2H4.4CH2O.8CH4/c20-10-3-4-13(8-11-21)12-26-17(25)18-9-2-1-5-16(24)27-19-14(22)6-7-15(19)23;17-6-1-2-11(5-7-18)9-23-10-12(19)8-15(22)24-16-13(20)3-4-14(16)21;1-3-4-5-6-2;5*1-2;;;;;;;;/h13,20-21H,1-12H2,(H,18,25);11,17-18H,1-10H2;5H,3-4H2,1-2H3;1-2H2;4*1H2;8*1H4. The van der Waals surface area contributed by atoms with E-state index < -0.39 is 53.9 Å². The van der Waals surface area contributed by atoms with E-state index in [1.165, 1.54) is 0 Å². The number of nitrogens with one attached hydrogen (secondary N) is 2. The van der Waals surface area contributed by atoms with Crippen molar-refractivity contribution in [1.29, 1.82) is 0 Å². The Kier molecular flexibility index (Phi) is 116. The van der Waals surface area contributed by atoms with E-state index in [1.54, 1.807) is 7.11 Å². The zero-order chi connectivity index (χ0) is 52.8. The number of nitrogens with zero attached hydrogens (tertiary/aromatic N) is 2. The van der Waals surface area contributed by atoms with Gasteiger partial charge in [0.2, 0.25) is 0 Å². The first-order chi connectivity index (χ1) is 32.4. The number of rotatable bonds is 28. The van der Waals surface area contributed by atoms with Gasteiger partial charge in [0, 0.05) is 71.6 Å². The van der Waals surface area contributed by atoms with Crippen molar-refractivity contribution in [3.63, 3.8) is 0 Å². The average molecular weight is 1100 g/mol. The predicted octanol–water partition coefficient (Wildman–Crippen LogP) is 5.30. The predicted molar refractivity (Wildman–Crippen MR) is 290 cm³/mol. The Morgan fingerprint density at radius 1 is 0.560 bits per heavy atom. The molecular formula is C50H106N4O21. The first-order valence-corrected chi connectivity index (χ1v) is 20.8. The third kappa shape index (κ3) is 64.4. The fourth-order valence-corrected chi connectivity index (χ4v) is 4.93. The molecule has 0 saturated carbocycles. The molecule has 0 spiro atoms. The lowest BCUT2D eigenvalue weighted by molar-refractivity contribution is -0.197. The third-order valence-electron chi connectivity index (χ3n) is 8.00. The number of hydroxylamine groups is 5. The molecule has 5 amide bonds. The minimum Gasteiger partial charge on any atom is -0.449 e. The summed E-state index contributed by atoms with van der Waals surface area (Å²) in [6.45, 7) is 17.5. The van der Waals surface area contributed by atoms with Gasteiger partial charge < -0.3 is 68.9 Å². The van der Waals surface area contributed by atoms with E-state index in [2.05, 4.69) is 40.6 Å². The summed E-state index contributed by atoms with van der Waals surface area (Å²) >= 11 is 0. The van der Waals surface area contributed by atoms with Gasteiger partial charge in [0.15, 0.2) is 5.78 Å². The zero-order valence-corrected chi connectivity index (χ0v) is 39.0. The molecule has 2 aliphatic rings. The van der Waals surface area contributed by atoms with Crippen molar-refractivity contribution >= 4 is 74.6 Å². The normalized spacial score (nSPS) is 11.4. The Balaban J connectivity index is -0.0000000597. The minimum atomic E-state index is -0.987. The van der Waals surface area contributed by atoms with Crippen molar-refractivity contribution in [2.24, 2.45) is 11.8 Å². The van der Waals surface area contributed by atoms with Crippen molar-refractivity contribution in [2.75, 3.05) is 66.4 Å². The first kappa shape index (κ1) is 106. The van der Waals surface area contributed by atoms with Crippen LogP contribution >= 0.6 is 0 Å². The fraction of sp³-hybridized carbons (Fsp3) is 0.720. The van der Waals surface area contributed by atoms with Gasteiger partial charge in [0.1, 0.15) is 40.2 Å². The molecule has 6 N–H and O–H groups in total. The monoisotopic (exact) mass is 1100 g/mol. The van der Waals surface area contributed by atoms with Gasteiger partial charge in [-0.15, -0.1) is 23.3 Å². The van der Waals surface area contributed by atoms with Crippen LogP contribution in [-0.4, -0.2) is 172 Å². The summed E-state index contributed by atoms with van der Waals surface area (Å²) in [4.78, 5) is 137. The van der Waals surface area contributed by atoms with Crippen LogP contribution in [0.1, 0.15) is 163 Å². The Morgan fingerprint density at radius 2 is 0.947 bits per heavy atom. The van der Waals surface area contributed by atoms with E-state index in [4.69, 9.17) is 53.9 Å². The van der Waals surface area contributed by atoms with Crippen molar-refractivity contribution < 1.29 is 102 Å². The summed E-state index contributed by atoms with van der Waals surface area (Å²) in [5.41, 5.74) is 2.70. The third-order valence-corrected chi connectivity index (χ3v) is 8.00. The summed E-state index contributed by atoms with van der Waals surface area (Å²) in [6.07, 6.45) is 4.43. The van der Waals surface area contributed by atoms with E-state index in [0.717, 1.165) is 13.0 Å². The molecule has 0 aromatic rings. The molecule has 2 aliphatic heterocycles. The van der Waals surface area contributed by atoms with E-state index in [0.29, 0.717) is 68.0 Å². The maximum absolute atomic E-state index is 11.6. The van der Waals surface area contributed by atoms with Crippen molar-refractivity contribution in [2.45, 2.75) is 163 Å². The Hall–Kier alpha value is -5.70. The molecule has 2 unspecified atom stereocenters. The Labute approximate surface area is 450 Å². The molecule has 452 valence electrons. The summed E-state index contributed by atoms with van der Waals surface area (Å²) in [5.74, 6) is -4.42. The molecular weight excluding hydrogens is 993 g/mol. The minimum absolute atomic E-state index is 0. The number of hydrogen-bond acceptors (Lipinski definition) is 22. The highest BCUT2D eigenvalue weighted by atomic mass is 16.7. The highest BCUT2D eigenvalue weighted by Crippen LogP contribution is 2.15. The molecule has 0 aromatic carbocycles. The number of hydrogen-bond donors (Lipinski definition) is 6. The van der Waals surface area contributed by atoms with Gasteiger partial charge in [-0.05, 0) is 69.6 Å². The van der Waals surface area contributed by atoms with Crippen LogP contribution in [0.5, 0.6) is 0 Å². The number of ether oxygens (including phenoxy) is 2. The van der Waals surface area contributed by atoms with E-state index in [-0.39, 0.29) is 150 Å². The quantitative estimate of drug-likeness (QED) is 0.0190. The van der Waals surface area contributed by atoms with Crippen LogP contribution in [0.3, 0.4) is 0 Å². The van der Waals surface area contributed by atoms with Gasteiger partial charge in [-0.1, -0.05) is 66.3 Å². The van der Waals surface area contributed by atoms with Gasteiger partial charge in [-0.25, -0.2) is 19.9 Å². The summed E-state index contributed by atoms with van der Waals surface area (Å²) < 4.78 is 10.3. The molecule has 2 atom stereocenters. The van der Waals surface area contributed by atoms with Crippen LogP contribution in [0.4, 0.5) is 4.79 Å². The lowest BCUT2D eigenvalue weighted by atomic mass is 10.0. The summed E-state index contributed by atoms with van der Waals surface area (Å²) in [5, 5.41) is 39.0. The van der Waals surface area contributed by atoms with Gasteiger partial charge >= 0.3 is 18.0 Å². The number of imide groups is 2. The maximum atomic E-state index is 11.6. The zero-order valence-electron chi connectivity index (χ0n) is 39.0. The fourth-order valence-electron chi connectivity index (χ4n) is 4.93. The molecule has 75 heavy (non-hydrogen) atoms. The second-order valence-electron chi connectivity index (χ2n) is 12.9. The molecule has 25 heteroatoms. The number of alkyl carbamates (subject to hydrolysis) is 1. The van der Waals surface area contributed by atoms with Crippen molar-refractivity contribution in [1.82, 2.24) is 20.9 Å². The van der Waals surface area contributed by atoms with Crippen molar-refractivity contribution in [3.8, 4) is 0 Å². The number of aliphatic hydroxyl groups excluding tert-OH is 4. The van der Waals surface area contributed by atoms with Gasteiger partial charge in [-0.2, -0.15) is 0 Å². The topological polar surface area (TPSA) is 362 Å². The lowest BCUT2D eigenvalue weighted by Gasteiger charge is -2.15. The van der Waals surface area contributed by atoms with E-state index in [1.807, 2.05) is 27.2 Å². The molecule has 2 rings (SSSR count). The SMILES string of the molecule is C.C.C.C.C.C.C.C.C=C.C=O.C=O.C=O.C=O.CCCNOC.O=C(CCCCNC(=O)OCC(CCO)CCCO)ON1C(=O)CCC1=O.O=C(COCC(CCO)CCCO)CC(=O)ON1C(=O)CCC1=O. The summed E-state index contributed by atoms with van der Waals surface area (Å²) in [7, 11) is 1.62. The number of amides is 5. The van der Waals surface area contributed by atoms with Gasteiger partial charge in [0.05, 0.1) is 20.3 Å². The molecule has 2 fully saturated rings. The number of Topliss-reactive ketones (excluding diaryl/α,β-unsaturated/α-hetero) is 1. The molecule has 0 bridgehead atoms. The number of ketones is 1. The second-order valence-corrected chi connectivity index (χ2v) is 12.9. The molecule has 0 aliphatic carbocycles. The molecule has 2 heterocycles. The molecule has 25 nitrogen and oxygen atoms in total. The van der Waals surface area contributed by atoms with E-state index >= 15 is 0 Å². The van der Waals surface area contributed by atoms with Crippen LogP contribution in [-0.2, 0) is 76.7 Å². The highest BCUT2D eigenvalue weighted by Gasteiger charge is 2.34. The van der Waals surface area contributed by atoms with Crippen LogP contribution in [0.15, 0.2) is 13.2 Å². The van der Waals surface area contributed by atoms with E-state index in [9.17, 15) is 38.4 Å². The lowest BCUT2D eigenvalue weighted by Crippen LogP contribution is -2.33. The second kappa shape index (κ2) is 82.3. The summed E-state index contributed by atoms with van der Waals surface area (Å²) in [6, 6.07) is 0. The Bertz CT molecular complexity index is 1270. The maximum Gasteiger partial charge on any atom is 0.407 e. The first-order valence-electron chi connectivity index (χ1n) is 20.8. The molecule has 2 saturated heterocycles. The van der Waals surface area contributed by atoms with Crippen LogP contribution in [0.2, 0.25) is 0 Å². The smallest absolute Gasteiger partial charge is 0.407 e. The van der Waals surface area contributed by atoms with Crippen molar-refractivity contribution in [3.05, 3.63) is 13.2 Å². The number of carbonyl (C=O) groups excluding carboxylic acids is 12. The number of aliphatic hydroxyl groups is 4. The van der Waals surface area contributed by atoms with Gasteiger partial charge in [0.25, 0.3) is 23.6 Å². The van der Waals surface area contributed by atoms with Crippen LogP contribution in [0, 0.1) is 11.8 Å². The average Bonchev–Trinajstić information content (AvgIpc) is 3.84. The number of unbranched alkanes of at least 4 members (excludes halogenated alkanes) is 1. The highest BCUT2D eigenvalue weighted by molar-refractivity contribution is 6.03. The van der Waals surface area contributed by atoms with Crippen LogP contribution < -0.4 is 10.8 Å². The Morgan fingerprint density at radius 3 is 1.29 bits per heavy atom. The number of carbonyl (C=O) groups is 12. The van der Waals surface area contributed by atoms with Gasteiger partial charge in [-0.3, -0.25) is 24.0 Å². The molecule has 0 radical (unpaired) electrons.